The molecule has 1 aliphatic rings. The van der Waals surface area contributed by atoms with Crippen molar-refractivity contribution in [3.63, 3.8) is 0 Å². The molecular formula is C20H23NO2S. The normalized spacial score (nSPS) is 18.1. The number of benzene rings is 2. The van der Waals surface area contributed by atoms with Crippen LogP contribution in [0.5, 0.6) is 5.75 Å². The SMILES string of the molecule is COc1ccc(C(=O)N2CCSC(c3ccccc3C)CC2)cc1. The van der Waals surface area contributed by atoms with Crippen molar-refractivity contribution in [2.45, 2.75) is 18.6 Å². The summed E-state index contributed by atoms with van der Waals surface area (Å²) in [5, 5.41) is 0.472. The number of methoxy groups -OCH3 is 1. The van der Waals surface area contributed by atoms with Gasteiger partial charge in [0.25, 0.3) is 5.91 Å². The van der Waals surface area contributed by atoms with Crippen molar-refractivity contribution in [3.8, 4) is 5.75 Å². The molecular weight excluding hydrogens is 318 g/mol. The maximum absolute atomic E-state index is 12.7. The van der Waals surface area contributed by atoms with Crippen molar-refractivity contribution < 1.29 is 9.53 Å². The third kappa shape index (κ3) is 3.75. The molecule has 3 nitrogen and oxygen atoms in total. The lowest BCUT2D eigenvalue weighted by Crippen LogP contribution is -2.32. The highest BCUT2D eigenvalue weighted by Crippen LogP contribution is 2.36. The summed E-state index contributed by atoms with van der Waals surface area (Å²) in [5.41, 5.74) is 3.47. The third-order valence-corrected chi connectivity index (χ3v) is 5.81. The van der Waals surface area contributed by atoms with Gasteiger partial charge in [-0.2, -0.15) is 11.8 Å². The Balaban J connectivity index is 1.68. The van der Waals surface area contributed by atoms with Crippen LogP contribution in [0.25, 0.3) is 0 Å². The Morgan fingerprint density at radius 2 is 1.88 bits per heavy atom. The van der Waals surface area contributed by atoms with Gasteiger partial charge < -0.3 is 9.64 Å². The zero-order valence-electron chi connectivity index (χ0n) is 14.2. The fourth-order valence-electron chi connectivity index (χ4n) is 3.09. The Labute approximate surface area is 148 Å². The van der Waals surface area contributed by atoms with E-state index in [9.17, 15) is 4.79 Å². The molecule has 2 aromatic rings. The van der Waals surface area contributed by atoms with Gasteiger partial charge >= 0.3 is 0 Å². The zero-order valence-corrected chi connectivity index (χ0v) is 15.0. The lowest BCUT2D eigenvalue weighted by Gasteiger charge is -2.21. The molecule has 1 fully saturated rings. The molecule has 0 aliphatic carbocycles. The Hall–Kier alpha value is -1.94. The molecule has 3 rings (SSSR count). The van der Waals surface area contributed by atoms with Gasteiger partial charge in [0.1, 0.15) is 5.75 Å². The van der Waals surface area contributed by atoms with Crippen LogP contribution in [0.3, 0.4) is 0 Å². The average Bonchev–Trinajstić information content (AvgIpc) is 2.88. The molecule has 1 saturated heterocycles. The van der Waals surface area contributed by atoms with Gasteiger partial charge in [0, 0.05) is 29.7 Å². The molecule has 1 atom stereocenters. The van der Waals surface area contributed by atoms with Gasteiger partial charge in [0.15, 0.2) is 0 Å². The minimum Gasteiger partial charge on any atom is -0.497 e. The van der Waals surface area contributed by atoms with Gasteiger partial charge in [-0.3, -0.25) is 4.79 Å². The quantitative estimate of drug-likeness (QED) is 0.832. The lowest BCUT2D eigenvalue weighted by atomic mass is 10.0. The number of thioether (sulfide) groups is 1. The summed E-state index contributed by atoms with van der Waals surface area (Å²) in [6, 6.07) is 15.9. The number of hydrogen-bond acceptors (Lipinski definition) is 3. The second-order valence-electron chi connectivity index (χ2n) is 6.03. The number of aryl methyl sites for hydroxylation is 1. The first-order valence-electron chi connectivity index (χ1n) is 8.29. The van der Waals surface area contributed by atoms with Crippen molar-refractivity contribution in [2.24, 2.45) is 0 Å². The Bertz CT molecular complexity index is 699. The van der Waals surface area contributed by atoms with Crippen molar-refractivity contribution in [1.29, 1.82) is 0 Å². The van der Waals surface area contributed by atoms with Gasteiger partial charge in [-0.1, -0.05) is 24.3 Å². The minimum atomic E-state index is 0.115. The van der Waals surface area contributed by atoms with E-state index in [-0.39, 0.29) is 5.91 Å². The largest absolute Gasteiger partial charge is 0.497 e. The van der Waals surface area contributed by atoms with Gasteiger partial charge in [-0.05, 0) is 48.7 Å². The van der Waals surface area contributed by atoms with Gasteiger partial charge in [-0.25, -0.2) is 0 Å². The van der Waals surface area contributed by atoms with Crippen LogP contribution >= 0.6 is 11.8 Å². The highest BCUT2D eigenvalue weighted by molar-refractivity contribution is 7.99. The number of hydrogen-bond donors (Lipinski definition) is 0. The number of rotatable bonds is 3. The number of ether oxygens (including phenoxy) is 1. The van der Waals surface area contributed by atoms with Crippen molar-refractivity contribution in [1.82, 2.24) is 4.90 Å². The summed E-state index contributed by atoms with van der Waals surface area (Å²) in [7, 11) is 1.63. The van der Waals surface area contributed by atoms with Crippen LogP contribution in [0, 0.1) is 6.92 Å². The van der Waals surface area contributed by atoms with Crippen LogP contribution in [0.2, 0.25) is 0 Å². The first-order valence-corrected chi connectivity index (χ1v) is 9.34. The number of carbonyl (C=O) groups is 1. The van der Waals surface area contributed by atoms with Crippen molar-refractivity contribution >= 4 is 17.7 Å². The molecule has 24 heavy (non-hydrogen) atoms. The molecule has 0 N–H and O–H groups in total. The molecule has 0 radical (unpaired) electrons. The van der Waals surface area contributed by atoms with E-state index in [0.717, 1.165) is 36.6 Å². The molecule has 2 aromatic carbocycles. The molecule has 1 aliphatic heterocycles. The third-order valence-electron chi connectivity index (χ3n) is 4.50. The Morgan fingerprint density at radius 3 is 2.58 bits per heavy atom. The van der Waals surface area contributed by atoms with E-state index in [4.69, 9.17) is 4.74 Å². The van der Waals surface area contributed by atoms with Crippen LogP contribution in [0.1, 0.15) is 33.2 Å². The van der Waals surface area contributed by atoms with E-state index in [1.807, 2.05) is 40.9 Å². The van der Waals surface area contributed by atoms with E-state index < -0.39 is 0 Å². The highest BCUT2D eigenvalue weighted by atomic mass is 32.2. The summed E-state index contributed by atoms with van der Waals surface area (Å²) >= 11 is 1.96. The number of carbonyl (C=O) groups excluding carboxylic acids is 1. The minimum absolute atomic E-state index is 0.115. The van der Waals surface area contributed by atoms with Crippen molar-refractivity contribution in [3.05, 3.63) is 65.2 Å². The zero-order chi connectivity index (χ0) is 16.9. The summed E-state index contributed by atoms with van der Waals surface area (Å²) in [6.07, 6.45) is 0.997. The molecule has 0 saturated carbocycles. The number of nitrogens with zero attached hydrogens (tertiary/aromatic N) is 1. The van der Waals surface area contributed by atoms with E-state index in [0.29, 0.717) is 5.25 Å². The maximum atomic E-state index is 12.7. The fourth-order valence-corrected chi connectivity index (χ4v) is 4.41. The van der Waals surface area contributed by atoms with E-state index in [2.05, 4.69) is 31.2 Å². The predicted molar refractivity (Wildman–Crippen MR) is 99.9 cm³/mol. The predicted octanol–water partition coefficient (Wildman–Crippen LogP) is 4.32. The maximum Gasteiger partial charge on any atom is 0.253 e. The molecule has 126 valence electrons. The summed E-state index contributed by atoms with van der Waals surface area (Å²) in [5.74, 6) is 1.86. The Morgan fingerprint density at radius 1 is 1.12 bits per heavy atom. The van der Waals surface area contributed by atoms with E-state index in [1.54, 1.807) is 7.11 Å². The second-order valence-corrected chi connectivity index (χ2v) is 7.34. The fraction of sp³-hybridized carbons (Fsp3) is 0.350. The molecule has 0 spiro atoms. The topological polar surface area (TPSA) is 29.5 Å². The van der Waals surface area contributed by atoms with E-state index in [1.165, 1.54) is 11.1 Å². The standard InChI is InChI=1S/C20H23NO2S/c1-15-5-3-4-6-18(15)19-11-12-21(13-14-24-19)20(22)16-7-9-17(23-2)10-8-16/h3-10,19H,11-14H2,1-2H3. The van der Waals surface area contributed by atoms with Crippen molar-refractivity contribution in [2.75, 3.05) is 26.0 Å². The summed E-state index contributed by atoms with van der Waals surface area (Å²) in [6.45, 7) is 3.77. The van der Waals surface area contributed by atoms with Crippen LogP contribution in [-0.2, 0) is 0 Å². The van der Waals surface area contributed by atoms with Crippen LogP contribution in [0.4, 0.5) is 0 Å². The first kappa shape index (κ1) is 16.9. The first-order chi connectivity index (χ1) is 11.7. The number of amides is 1. The molecule has 1 unspecified atom stereocenters. The van der Waals surface area contributed by atoms with E-state index >= 15 is 0 Å². The monoisotopic (exact) mass is 341 g/mol. The van der Waals surface area contributed by atoms with Gasteiger partial charge in [0.2, 0.25) is 0 Å². The Kier molecular flexibility index (Phi) is 5.46. The molecule has 1 amide bonds. The lowest BCUT2D eigenvalue weighted by molar-refractivity contribution is 0.0766. The second kappa shape index (κ2) is 7.75. The average molecular weight is 341 g/mol. The van der Waals surface area contributed by atoms with Crippen LogP contribution < -0.4 is 4.74 Å². The summed E-state index contributed by atoms with van der Waals surface area (Å²) in [4.78, 5) is 14.7. The van der Waals surface area contributed by atoms with Crippen LogP contribution in [0.15, 0.2) is 48.5 Å². The van der Waals surface area contributed by atoms with Crippen LogP contribution in [-0.4, -0.2) is 36.8 Å². The highest BCUT2D eigenvalue weighted by Gasteiger charge is 2.23. The molecule has 0 aromatic heterocycles. The molecule has 0 bridgehead atoms. The van der Waals surface area contributed by atoms with Gasteiger partial charge in [0.05, 0.1) is 7.11 Å². The smallest absolute Gasteiger partial charge is 0.253 e. The molecule has 4 heteroatoms. The molecule has 1 heterocycles. The van der Waals surface area contributed by atoms with Gasteiger partial charge in [-0.15, -0.1) is 0 Å². The summed E-state index contributed by atoms with van der Waals surface area (Å²) < 4.78 is 5.16.